The molecule has 4 rings (SSSR count). The Bertz CT molecular complexity index is 1090. The van der Waals surface area contributed by atoms with Crippen molar-refractivity contribution in [3.05, 3.63) is 39.9 Å². The van der Waals surface area contributed by atoms with Gasteiger partial charge < -0.3 is 20.3 Å². The highest BCUT2D eigenvalue weighted by Gasteiger charge is 2.29. The molecule has 11 heteroatoms. The first-order chi connectivity index (χ1) is 16.8. The van der Waals surface area contributed by atoms with Crippen LogP contribution in [0, 0.1) is 0 Å². The van der Waals surface area contributed by atoms with Crippen LogP contribution in [0.2, 0.25) is 5.02 Å². The van der Waals surface area contributed by atoms with Gasteiger partial charge in [0, 0.05) is 67.4 Å². The summed E-state index contributed by atoms with van der Waals surface area (Å²) in [6, 6.07) is 4.85. The number of primary amides is 1. The van der Waals surface area contributed by atoms with Crippen LogP contribution in [0.3, 0.4) is 0 Å². The number of hydrogen-bond acceptors (Lipinski definition) is 7. The van der Waals surface area contributed by atoms with Gasteiger partial charge in [-0.05, 0) is 31.5 Å². The highest BCUT2D eigenvalue weighted by atomic mass is 35.5. The number of rotatable bonds is 8. The van der Waals surface area contributed by atoms with E-state index in [9.17, 15) is 14.4 Å². The second-order valence-corrected chi connectivity index (χ2v) is 10.0. The van der Waals surface area contributed by atoms with E-state index in [2.05, 4.69) is 9.88 Å². The van der Waals surface area contributed by atoms with Gasteiger partial charge in [0.15, 0.2) is 0 Å². The molecule has 2 fully saturated rings. The maximum atomic E-state index is 12.9. The van der Waals surface area contributed by atoms with Crippen LogP contribution in [0.15, 0.2) is 23.6 Å². The fourth-order valence-electron chi connectivity index (χ4n) is 4.46. The van der Waals surface area contributed by atoms with Gasteiger partial charge in [-0.1, -0.05) is 11.6 Å². The van der Waals surface area contributed by atoms with E-state index in [1.807, 2.05) is 22.1 Å². The first kappa shape index (κ1) is 25.6. The topological polar surface area (TPSA) is 109 Å². The minimum Gasteiger partial charge on any atom is -0.377 e. The van der Waals surface area contributed by atoms with Gasteiger partial charge in [-0.15, -0.1) is 11.3 Å². The Morgan fingerprint density at radius 3 is 2.63 bits per heavy atom. The van der Waals surface area contributed by atoms with Crippen molar-refractivity contribution in [3.8, 4) is 10.6 Å². The zero-order valence-corrected chi connectivity index (χ0v) is 21.3. The maximum Gasteiger partial charge on any atom is 0.249 e. The van der Waals surface area contributed by atoms with E-state index in [-0.39, 0.29) is 24.3 Å². The molecule has 0 saturated carbocycles. The predicted molar refractivity (Wildman–Crippen MR) is 134 cm³/mol. The molecule has 0 unspecified atom stereocenters. The molecule has 1 aromatic carbocycles. The van der Waals surface area contributed by atoms with Gasteiger partial charge in [-0.25, -0.2) is 4.98 Å². The van der Waals surface area contributed by atoms with E-state index in [1.54, 1.807) is 18.2 Å². The molecule has 1 atom stereocenters. The lowest BCUT2D eigenvalue weighted by Gasteiger charge is -2.35. The number of likely N-dealkylation sites (tertiary alicyclic amines) is 1. The second-order valence-electron chi connectivity index (χ2n) is 8.74. The SMILES string of the molecule is CCO[C@@H]1CCN(C(=O)CN2CCN(C(=O)Cc3csc(-c4cc(Cl)ccc4C(N)=O)n3)CC2)C1. The van der Waals surface area contributed by atoms with Crippen LogP contribution >= 0.6 is 22.9 Å². The molecule has 188 valence electrons. The molecular formula is C24H30ClN5O4S. The Hall–Kier alpha value is -2.53. The molecule has 2 N–H and O–H groups in total. The number of hydrogen-bond donors (Lipinski definition) is 1. The average Bonchev–Trinajstić information content (AvgIpc) is 3.49. The fraction of sp³-hybridized carbons (Fsp3) is 0.500. The molecular weight excluding hydrogens is 490 g/mol. The van der Waals surface area contributed by atoms with Gasteiger partial charge in [-0.2, -0.15) is 0 Å². The number of piperazine rings is 1. The number of carbonyl (C=O) groups excluding carboxylic acids is 3. The standard InChI is InChI=1S/C24H30ClN5O4S/c1-2-34-18-5-6-30(13-18)22(32)14-28-7-9-29(10-8-28)21(31)12-17-15-35-24(27-17)20-11-16(25)3-4-19(20)23(26)33/h3-4,11,15,18H,2,5-10,12-14H2,1H3,(H2,26,33)/t18-/m1/s1. The first-order valence-electron chi connectivity index (χ1n) is 11.8. The monoisotopic (exact) mass is 519 g/mol. The lowest BCUT2D eigenvalue weighted by molar-refractivity contribution is -0.134. The number of amides is 3. The second kappa shape index (κ2) is 11.5. The number of aromatic nitrogens is 1. The van der Waals surface area contributed by atoms with Crippen molar-refractivity contribution in [2.75, 3.05) is 52.4 Å². The van der Waals surface area contributed by atoms with Crippen LogP contribution in [0.4, 0.5) is 0 Å². The predicted octanol–water partition coefficient (Wildman–Crippen LogP) is 1.89. The number of ether oxygens (including phenoxy) is 1. The Morgan fingerprint density at radius 2 is 1.91 bits per heavy atom. The van der Waals surface area contributed by atoms with Gasteiger partial charge in [-0.3, -0.25) is 19.3 Å². The van der Waals surface area contributed by atoms with Crippen LogP contribution < -0.4 is 5.73 Å². The lowest BCUT2D eigenvalue weighted by Crippen LogP contribution is -2.51. The Balaban J connectivity index is 1.27. The van der Waals surface area contributed by atoms with Gasteiger partial charge in [0.25, 0.3) is 0 Å². The Labute approximate surface area is 213 Å². The van der Waals surface area contributed by atoms with Gasteiger partial charge in [0.05, 0.1) is 24.8 Å². The molecule has 0 radical (unpaired) electrons. The molecule has 3 amide bonds. The van der Waals surface area contributed by atoms with Crippen molar-refractivity contribution in [2.45, 2.75) is 25.9 Å². The van der Waals surface area contributed by atoms with E-state index in [0.717, 1.165) is 13.0 Å². The molecule has 3 heterocycles. The lowest BCUT2D eigenvalue weighted by atomic mass is 10.1. The van der Waals surface area contributed by atoms with Crippen LogP contribution in [0.25, 0.3) is 10.6 Å². The molecule has 2 aromatic rings. The van der Waals surface area contributed by atoms with Crippen molar-refractivity contribution >= 4 is 40.7 Å². The zero-order valence-electron chi connectivity index (χ0n) is 19.7. The van der Waals surface area contributed by atoms with Gasteiger partial charge in [0.2, 0.25) is 17.7 Å². The molecule has 2 aliphatic heterocycles. The molecule has 1 aromatic heterocycles. The third kappa shape index (κ3) is 6.38. The number of thiazole rings is 1. The number of benzene rings is 1. The highest BCUT2D eigenvalue weighted by molar-refractivity contribution is 7.13. The minimum atomic E-state index is -0.556. The molecule has 9 nitrogen and oxygen atoms in total. The third-order valence-corrected chi connectivity index (χ3v) is 7.51. The van der Waals surface area contributed by atoms with Crippen LogP contribution in [0.5, 0.6) is 0 Å². The van der Waals surface area contributed by atoms with E-state index >= 15 is 0 Å². The molecule has 2 aliphatic rings. The Morgan fingerprint density at radius 1 is 1.14 bits per heavy atom. The smallest absolute Gasteiger partial charge is 0.249 e. The van der Waals surface area contributed by atoms with Crippen molar-refractivity contribution in [1.82, 2.24) is 19.7 Å². The van der Waals surface area contributed by atoms with Gasteiger partial charge >= 0.3 is 0 Å². The van der Waals surface area contributed by atoms with E-state index in [1.165, 1.54) is 11.3 Å². The normalized spacial score (nSPS) is 18.7. The number of carbonyl (C=O) groups is 3. The van der Waals surface area contributed by atoms with Crippen molar-refractivity contribution in [3.63, 3.8) is 0 Å². The quantitative estimate of drug-likeness (QED) is 0.570. The summed E-state index contributed by atoms with van der Waals surface area (Å²) < 4.78 is 5.63. The third-order valence-electron chi connectivity index (χ3n) is 6.35. The largest absolute Gasteiger partial charge is 0.377 e. The van der Waals surface area contributed by atoms with Crippen LogP contribution in [-0.4, -0.2) is 95.9 Å². The maximum absolute atomic E-state index is 12.9. The summed E-state index contributed by atoms with van der Waals surface area (Å²) in [5.74, 6) is -0.439. The summed E-state index contributed by atoms with van der Waals surface area (Å²) in [6.07, 6.45) is 1.21. The van der Waals surface area contributed by atoms with E-state index in [4.69, 9.17) is 22.1 Å². The Kier molecular flexibility index (Phi) is 8.38. The summed E-state index contributed by atoms with van der Waals surface area (Å²) in [6.45, 7) is 6.88. The molecule has 2 saturated heterocycles. The van der Waals surface area contributed by atoms with Crippen LogP contribution in [-0.2, 0) is 20.7 Å². The first-order valence-corrected chi connectivity index (χ1v) is 13.0. The number of halogens is 1. The summed E-state index contributed by atoms with van der Waals surface area (Å²) in [5.41, 5.74) is 7.03. The number of nitrogens with two attached hydrogens (primary N) is 1. The fourth-order valence-corrected chi connectivity index (χ4v) is 5.48. The summed E-state index contributed by atoms with van der Waals surface area (Å²) >= 11 is 7.44. The number of nitrogens with zero attached hydrogens (tertiary/aromatic N) is 4. The summed E-state index contributed by atoms with van der Waals surface area (Å²) in [7, 11) is 0. The van der Waals surface area contributed by atoms with Crippen molar-refractivity contribution < 1.29 is 19.1 Å². The van der Waals surface area contributed by atoms with E-state index < -0.39 is 5.91 Å². The molecule has 0 spiro atoms. The van der Waals surface area contributed by atoms with Crippen molar-refractivity contribution in [2.24, 2.45) is 5.73 Å². The summed E-state index contributed by atoms with van der Waals surface area (Å²) in [4.78, 5) is 47.6. The summed E-state index contributed by atoms with van der Waals surface area (Å²) in [5, 5.41) is 2.90. The minimum absolute atomic E-state index is 0.00635. The van der Waals surface area contributed by atoms with Crippen LogP contribution in [0.1, 0.15) is 29.4 Å². The average molecular weight is 520 g/mol. The molecule has 0 bridgehead atoms. The zero-order chi connectivity index (χ0) is 24.9. The highest BCUT2D eigenvalue weighted by Crippen LogP contribution is 2.30. The van der Waals surface area contributed by atoms with Gasteiger partial charge in [0.1, 0.15) is 5.01 Å². The molecule has 0 aliphatic carbocycles. The van der Waals surface area contributed by atoms with Crippen molar-refractivity contribution in [1.29, 1.82) is 0 Å². The molecule has 35 heavy (non-hydrogen) atoms. The van der Waals surface area contributed by atoms with E-state index in [0.29, 0.717) is 72.7 Å².